The summed E-state index contributed by atoms with van der Waals surface area (Å²) in [5, 5.41) is 2.79. The molecule has 0 bridgehead atoms. The van der Waals surface area contributed by atoms with E-state index in [1.807, 2.05) is 24.3 Å². The molecule has 0 saturated heterocycles. The van der Waals surface area contributed by atoms with E-state index in [9.17, 15) is 0 Å². The molecule has 4 aromatic rings. The van der Waals surface area contributed by atoms with Crippen molar-refractivity contribution in [2.24, 2.45) is 0 Å². The Hall–Kier alpha value is -1.02. The monoisotopic (exact) mass is 655 g/mol. The highest BCUT2D eigenvalue weighted by Gasteiger charge is 2.46. The fourth-order valence-corrected chi connectivity index (χ4v) is 6.78. The van der Waals surface area contributed by atoms with Crippen LogP contribution in [0.25, 0.3) is 10.9 Å². The zero-order valence-electron chi connectivity index (χ0n) is 16.1. The van der Waals surface area contributed by atoms with Crippen LogP contribution in [-0.4, -0.2) is 4.57 Å². The molecule has 1 aliphatic rings. The number of fused-ring (bicyclic) bond motifs is 3. The standard InChI is InChI=1S/C25H17Cl2I2N/c1-15-20-4-2-3-5-22(20)30-14-21(28)23(29)25(24(15)30,16-6-10-18(26)11-7-16)17-8-12-19(27)13-9-17/h2-13H,14H2,1H3. The Kier molecular flexibility index (Phi) is 5.45. The van der Waals surface area contributed by atoms with Crippen LogP contribution in [0.1, 0.15) is 22.4 Å². The van der Waals surface area contributed by atoms with Crippen molar-refractivity contribution in [3.05, 3.63) is 112 Å². The minimum atomic E-state index is -0.423. The van der Waals surface area contributed by atoms with Crippen molar-refractivity contribution in [2.75, 3.05) is 0 Å². The highest BCUT2D eigenvalue weighted by atomic mass is 127. The van der Waals surface area contributed by atoms with Gasteiger partial charge in [-0.3, -0.25) is 0 Å². The summed E-state index contributed by atoms with van der Waals surface area (Å²) in [5.74, 6) is 0. The number of hydrogen-bond donors (Lipinski definition) is 0. The van der Waals surface area contributed by atoms with E-state index in [4.69, 9.17) is 23.2 Å². The first-order valence-electron chi connectivity index (χ1n) is 9.59. The summed E-state index contributed by atoms with van der Waals surface area (Å²) in [6.45, 7) is 3.13. The van der Waals surface area contributed by atoms with Gasteiger partial charge in [0.1, 0.15) is 0 Å². The lowest BCUT2D eigenvalue weighted by molar-refractivity contribution is 0.629. The fourth-order valence-electron chi connectivity index (χ4n) is 4.73. The molecule has 1 aromatic heterocycles. The third-order valence-corrected chi connectivity index (χ3v) is 9.87. The van der Waals surface area contributed by atoms with Crippen LogP contribution in [0.5, 0.6) is 0 Å². The third kappa shape index (κ3) is 2.99. The number of rotatable bonds is 2. The summed E-state index contributed by atoms with van der Waals surface area (Å²) in [4.78, 5) is 0. The van der Waals surface area contributed by atoms with Crippen LogP contribution in [0.2, 0.25) is 10.0 Å². The molecule has 1 aliphatic heterocycles. The zero-order chi connectivity index (χ0) is 21.0. The first-order chi connectivity index (χ1) is 14.4. The molecular weight excluding hydrogens is 639 g/mol. The summed E-state index contributed by atoms with van der Waals surface area (Å²) in [5.41, 5.74) is 5.90. The van der Waals surface area contributed by atoms with Crippen molar-refractivity contribution < 1.29 is 0 Å². The van der Waals surface area contributed by atoms with Crippen molar-refractivity contribution in [3.63, 3.8) is 0 Å². The van der Waals surface area contributed by atoms with E-state index in [-0.39, 0.29) is 0 Å². The van der Waals surface area contributed by atoms with Crippen LogP contribution in [0.3, 0.4) is 0 Å². The number of para-hydroxylation sites is 1. The fraction of sp³-hybridized carbons (Fsp3) is 0.120. The number of allylic oxidation sites excluding steroid dienone is 2. The summed E-state index contributed by atoms with van der Waals surface area (Å²) in [6, 6.07) is 25.3. The maximum absolute atomic E-state index is 6.29. The quantitative estimate of drug-likeness (QED) is 0.191. The lowest BCUT2D eigenvalue weighted by atomic mass is 9.69. The van der Waals surface area contributed by atoms with Crippen LogP contribution in [0, 0.1) is 6.92 Å². The van der Waals surface area contributed by atoms with Crippen molar-refractivity contribution in [3.8, 4) is 0 Å². The van der Waals surface area contributed by atoms with Crippen molar-refractivity contribution in [2.45, 2.75) is 18.9 Å². The van der Waals surface area contributed by atoms with Gasteiger partial charge >= 0.3 is 0 Å². The zero-order valence-corrected chi connectivity index (χ0v) is 21.9. The molecule has 0 N–H and O–H groups in total. The molecule has 5 rings (SSSR count). The highest BCUT2D eigenvalue weighted by molar-refractivity contribution is 14.1. The molecule has 0 spiro atoms. The summed E-state index contributed by atoms with van der Waals surface area (Å²) >= 11 is 17.6. The molecule has 0 atom stereocenters. The topological polar surface area (TPSA) is 4.93 Å². The molecule has 0 amide bonds. The Balaban J connectivity index is 1.98. The molecule has 0 saturated carbocycles. The first-order valence-corrected chi connectivity index (χ1v) is 12.5. The Morgan fingerprint density at radius 1 is 0.800 bits per heavy atom. The molecule has 0 radical (unpaired) electrons. The first kappa shape index (κ1) is 20.9. The van der Waals surface area contributed by atoms with Gasteiger partial charge in [0.2, 0.25) is 0 Å². The van der Waals surface area contributed by atoms with E-state index in [2.05, 4.69) is 105 Å². The SMILES string of the molecule is Cc1c2n(c3ccccc13)CC(I)=C(I)C2(c1ccc(Cl)cc1)c1ccc(Cl)cc1. The van der Waals surface area contributed by atoms with Crippen molar-refractivity contribution in [1.82, 2.24) is 4.57 Å². The second-order valence-corrected chi connectivity index (χ2v) is 10.8. The normalized spacial score (nSPS) is 15.5. The van der Waals surface area contributed by atoms with Crippen molar-refractivity contribution in [1.29, 1.82) is 0 Å². The van der Waals surface area contributed by atoms with Gasteiger partial charge in [-0.1, -0.05) is 65.7 Å². The van der Waals surface area contributed by atoms with E-state index in [0.29, 0.717) is 0 Å². The van der Waals surface area contributed by atoms with E-state index in [1.54, 1.807) is 0 Å². The molecule has 0 unspecified atom stereocenters. The van der Waals surface area contributed by atoms with Crippen LogP contribution in [0.15, 0.2) is 80.0 Å². The van der Waals surface area contributed by atoms with E-state index in [1.165, 1.54) is 40.4 Å². The number of aryl methyl sites for hydroxylation is 1. The smallest absolute Gasteiger partial charge is 0.0921 e. The van der Waals surface area contributed by atoms with Gasteiger partial charge in [-0.05, 0) is 99.1 Å². The Bertz CT molecular complexity index is 1260. The van der Waals surface area contributed by atoms with E-state index < -0.39 is 5.41 Å². The van der Waals surface area contributed by atoms with Gasteiger partial charge in [-0.15, -0.1) is 0 Å². The average molecular weight is 656 g/mol. The third-order valence-electron chi connectivity index (χ3n) is 6.00. The van der Waals surface area contributed by atoms with Gasteiger partial charge in [-0.2, -0.15) is 0 Å². The molecule has 2 heterocycles. The van der Waals surface area contributed by atoms with Crippen LogP contribution in [0.4, 0.5) is 0 Å². The Morgan fingerprint density at radius 2 is 1.33 bits per heavy atom. The molecular formula is C25H17Cl2I2N. The highest BCUT2D eigenvalue weighted by Crippen LogP contribution is 2.55. The second-order valence-electron chi connectivity index (χ2n) is 7.56. The minimum Gasteiger partial charge on any atom is -0.338 e. The number of aromatic nitrogens is 1. The lowest BCUT2D eigenvalue weighted by Crippen LogP contribution is -2.37. The molecule has 30 heavy (non-hydrogen) atoms. The van der Waals surface area contributed by atoms with Crippen LogP contribution < -0.4 is 0 Å². The second kappa shape index (κ2) is 7.84. The number of hydrogen-bond acceptors (Lipinski definition) is 0. The summed E-state index contributed by atoms with van der Waals surface area (Å²) in [7, 11) is 0. The van der Waals surface area contributed by atoms with E-state index in [0.717, 1.165) is 16.6 Å². The van der Waals surface area contributed by atoms with Gasteiger partial charge in [0.25, 0.3) is 0 Å². The predicted molar refractivity (Wildman–Crippen MR) is 145 cm³/mol. The van der Waals surface area contributed by atoms with Gasteiger partial charge in [0.05, 0.1) is 12.0 Å². The predicted octanol–water partition coefficient (Wildman–Crippen LogP) is 8.69. The maximum Gasteiger partial charge on any atom is 0.0921 e. The molecule has 0 fully saturated rings. The van der Waals surface area contributed by atoms with Gasteiger partial charge in [0, 0.05) is 33.8 Å². The summed E-state index contributed by atoms with van der Waals surface area (Å²) in [6.07, 6.45) is 0. The molecule has 5 heteroatoms. The molecule has 0 aliphatic carbocycles. The van der Waals surface area contributed by atoms with Gasteiger partial charge < -0.3 is 4.57 Å². The van der Waals surface area contributed by atoms with E-state index >= 15 is 0 Å². The largest absolute Gasteiger partial charge is 0.338 e. The summed E-state index contributed by atoms with van der Waals surface area (Å²) < 4.78 is 5.15. The van der Waals surface area contributed by atoms with Gasteiger partial charge in [0.15, 0.2) is 0 Å². The molecule has 3 aromatic carbocycles. The van der Waals surface area contributed by atoms with Crippen molar-refractivity contribution >= 4 is 79.3 Å². The lowest BCUT2D eigenvalue weighted by Gasteiger charge is -2.41. The Labute approximate surface area is 213 Å². The number of nitrogens with zero attached hydrogens (tertiary/aromatic N) is 1. The molecule has 150 valence electrons. The number of benzene rings is 3. The van der Waals surface area contributed by atoms with Gasteiger partial charge in [-0.25, -0.2) is 0 Å². The Morgan fingerprint density at radius 3 is 1.90 bits per heavy atom. The molecule has 1 nitrogen and oxygen atoms in total. The van der Waals surface area contributed by atoms with Crippen LogP contribution >= 0.6 is 68.4 Å². The average Bonchev–Trinajstić information content (AvgIpc) is 3.03. The number of halogens is 4. The maximum atomic E-state index is 6.29. The van der Waals surface area contributed by atoms with Crippen LogP contribution in [-0.2, 0) is 12.0 Å². The minimum absolute atomic E-state index is 0.423.